The standard InChI is InChI=1S/C12H17BrO2/c1-12(2,8-14)10-5-4-9(7-15-3)11(13)6-10/h4-6,14H,7-8H2,1-3H3. The predicted molar refractivity (Wildman–Crippen MR) is 65.0 cm³/mol. The maximum Gasteiger partial charge on any atom is 0.0724 e. The number of aliphatic hydroxyl groups is 1. The summed E-state index contributed by atoms with van der Waals surface area (Å²) >= 11 is 3.51. The molecule has 0 amide bonds. The molecule has 1 aromatic carbocycles. The van der Waals surface area contributed by atoms with Crippen molar-refractivity contribution in [1.29, 1.82) is 0 Å². The molecule has 1 aromatic rings. The molecule has 0 aliphatic rings. The molecule has 0 heterocycles. The highest BCUT2D eigenvalue weighted by atomic mass is 79.9. The smallest absolute Gasteiger partial charge is 0.0724 e. The highest BCUT2D eigenvalue weighted by Gasteiger charge is 2.19. The van der Waals surface area contributed by atoms with Gasteiger partial charge in [0.2, 0.25) is 0 Å². The molecule has 84 valence electrons. The van der Waals surface area contributed by atoms with E-state index < -0.39 is 0 Å². The molecule has 3 heteroatoms. The van der Waals surface area contributed by atoms with Gasteiger partial charge in [-0.25, -0.2) is 0 Å². The summed E-state index contributed by atoms with van der Waals surface area (Å²) in [6.45, 7) is 4.78. The number of aliphatic hydroxyl groups excluding tert-OH is 1. The van der Waals surface area contributed by atoms with Gasteiger partial charge in [-0.1, -0.05) is 41.9 Å². The lowest BCUT2D eigenvalue weighted by molar-refractivity contribution is 0.184. The molecule has 0 spiro atoms. The van der Waals surface area contributed by atoms with Gasteiger partial charge in [-0.15, -0.1) is 0 Å². The number of hydrogen-bond donors (Lipinski definition) is 1. The molecular weight excluding hydrogens is 256 g/mol. The van der Waals surface area contributed by atoms with Crippen LogP contribution in [0.3, 0.4) is 0 Å². The lowest BCUT2D eigenvalue weighted by atomic mass is 9.85. The van der Waals surface area contributed by atoms with Crippen LogP contribution in [0.5, 0.6) is 0 Å². The third-order valence-electron chi connectivity index (χ3n) is 2.53. The molecule has 0 saturated carbocycles. The molecule has 0 aromatic heterocycles. The van der Waals surface area contributed by atoms with Crippen molar-refractivity contribution < 1.29 is 9.84 Å². The average Bonchev–Trinajstić information content (AvgIpc) is 2.21. The lowest BCUT2D eigenvalue weighted by Gasteiger charge is -2.23. The van der Waals surface area contributed by atoms with E-state index in [9.17, 15) is 5.11 Å². The van der Waals surface area contributed by atoms with Crippen LogP contribution in [0.2, 0.25) is 0 Å². The van der Waals surface area contributed by atoms with Crippen molar-refractivity contribution in [3.8, 4) is 0 Å². The van der Waals surface area contributed by atoms with Gasteiger partial charge in [0, 0.05) is 17.0 Å². The van der Waals surface area contributed by atoms with Gasteiger partial charge in [-0.2, -0.15) is 0 Å². The highest BCUT2D eigenvalue weighted by Crippen LogP contribution is 2.27. The van der Waals surface area contributed by atoms with Crippen LogP contribution in [0, 0.1) is 0 Å². The average molecular weight is 273 g/mol. The molecule has 15 heavy (non-hydrogen) atoms. The summed E-state index contributed by atoms with van der Waals surface area (Å²) in [5, 5.41) is 9.27. The van der Waals surface area contributed by atoms with E-state index in [0.717, 1.165) is 15.6 Å². The van der Waals surface area contributed by atoms with E-state index in [4.69, 9.17) is 4.74 Å². The first kappa shape index (κ1) is 12.7. The van der Waals surface area contributed by atoms with Gasteiger partial charge in [0.1, 0.15) is 0 Å². The number of rotatable bonds is 4. The minimum Gasteiger partial charge on any atom is -0.395 e. The molecule has 0 aliphatic carbocycles. The molecule has 2 nitrogen and oxygen atoms in total. The van der Waals surface area contributed by atoms with Crippen LogP contribution in [0.25, 0.3) is 0 Å². The van der Waals surface area contributed by atoms with E-state index in [1.54, 1.807) is 7.11 Å². The van der Waals surface area contributed by atoms with Crippen molar-refractivity contribution in [3.63, 3.8) is 0 Å². The summed E-state index contributed by atoms with van der Waals surface area (Å²) in [6.07, 6.45) is 0. The summed E-state index contributed by atoms with van der Waals surface area (Å²) < 4.78 is 6.11. The Balaban J connectivity index is 3.01. The Morgan fingerprint density at radius 1 is 1.40 bits per heavy atom. The highest BCUT2D eigenvalue weighted by molar-refractivity contribution is 9.10. The van der Waals surface area contributed by atoms with Gasteiger partial charge in [0.25, 0.3) is 0 Å². The van der Waals surface area contributed by atoms with Crippen molar-refractivity contribution in [1.82, 2.24) is 0 Å². The first-order valence-corrected chi connectivity index (χ1v) is 5.69. The zero-order chi connectivity index (χ0) is 11.5. The van der Waals surface area contributed by atoms with Crippen LogP contribution in [-0.4, -0.2) is 18.8 Å². The van der Waals surface area contributed by atoms with Gasteiger partial charge in [0.05, 0.1) is 13.2 Å². The molecule has 0 fully saturated rings. The molecule has 0 aliphatic heterocycles. The monoisotopic (exact) mass is 272 g/mol. The van der Waals surface area contributed by atoms with Crippen LogP contribution in [0.4, 0.5) is 0 Å². The van der Waals surface area contributed by atoms with Crippen LogP contribution in [0.15, 0.2) is 22.7 Å². The second kappa shape index (κ2) is 5.10. The fourth-order valence-corrected chi connectivity index (χ4v) is 1.83. The SMILES string of the molecule is COCc1ccc(C(C)(C)CO)cc1Br. The predicted octanol–water partition coefficient (Wildman–Crippen LogP) is 2.87. The minimum absolute atomic E-state index is 0.142. The number of ether oxygens (including phenoxy) is 1. The summed E-state index contributed by atoms with van der Waals surface area (Å²) in [5.74, 6) is 0. The number of benzene rings is 1. The minimum atomic E-state index is -0.200. The number of halogens is 1. The van der Waals surface area contributed by atoms with Crippen molar-refractivity contribution in [2.24, 2.45) is 0 Å². The van der Waals surface area contributed by atoms with Crippen molar-refractivity contribution in [3.05, 3.63) is 33.8 Å². The zero-order valence-corrected chi connectivity index (χ0v) is 11.0. The Morgan fingerprint density at radius 2 is 2.07 bits per heavy atom. The Morgan fingerprint density at radius 3 is 2.53 bits per heavy atom. The topological polar surface area (TPSA) is 29.5 Å². The van der Waals surface area contributed by atoms with Gasteiger partial charge in [0.15, 0.2) is 0 Å². The van der Waals surface area contributed by atoms with Crippen molar-refractivity contribution >= 4 is 15.9 Å². The molecule has 0 radical (unpaired) electrons. The summed E-state index contributed by atoms with van der Waals surface area (Å²) in [5.41, 5.74) is 2.04. The largest absolute Gasteiger partial charge is 0.395 e. The van der Waals surface area contributed by atoms with Crippen molar-refractivity contribution in [2.45, 2.75) is 25.9 Å². The van der Waals surface area contributed by atoms with Crippen LogP contribution in [-0.2, 0) is 16.8 Å². The second-order valence-corrected chi connectivity index (χ2v) is 5.14. The quantitative estimate of drug-likeness (QED) is 0.914. The van der Waals surface area contributed by atoms with E-state index in [2.05, 4.69) is 15.9 Å². The lowest BCUT2D eigenvalue weighted by Crippen LogP contribution is -2.22. The van der Waals surface area contributed by atoms with Crippen LogP contribution < -0.4 is 0 Å². The fraction of sp³-hybridized carbons (Fsp3) is 0.500. The summed E-state index contributed by atoms with van der Waals surface area (Å²) in [6, 6.07) is 6.11. The zero-order valence-electron chi connectivity index (χ0n) is 9.38. The van der Waals surface area contributed by atoms with E-state index in [1.807, 2.05) is 32.0 Å². The van der Waals surface area contributed by atoms with Crippen molar-refractivity contribution in [2.75, 3.05) is 13.7 Å². The molecular formula is C12H17BrO2. The Hall–Kier alpha value is -0.380. The fourth-order valence-electron chi connectivity index (χ4n) is 1.33. The Labute approximate surface area is 99.4 Å². The normalized spacial score (nSPS) is 11.8. The van der Waals surface area contributed by atoms with Crippen LogP contribution >= 0.6 is 15.9 Å². The van der Waals surface area contributed by atoms with E-state index in [0.29, 0.717) is 6.61 Å². The van der Waals surface area contributed by atoms with E-state index in [-0.39, 0.29) is 12.0 Å². The van der Waals surface area contributed by atoms with Gasteiger partial charge in [-0.3, -0.25) is 0 Å². The van der Waals surface area contributed by atoms with Crippen LogP contribution in [0.1, 0.15) is 25.0 Å². The molecule has 0 unspecified atom stereocenters. The van der Waals surface area contributed by atoms with Gasteiger partial charge in [-0.05, 0) is 17.2 Å². The second-order valence-electron chi connectivity index (χ2n) is 4.28. The number of methoxy groups -OCH3 is 1. The summed E-state index contributed by atoms with van der Waals surface area (Å²) in [4.78, 5) is 0. The Kier molecular flexibility index (Phi) is 4.32. The molecule has 0 bridgehead atoms. The van der Waals surface area contributed by atoms with E-state index in [1.165, 1.54) is 0 Å². The maximum atomic E-state index is 9.27. The molecule has 1 rings (SSSR count). The first-order valence-electron chi connectivity index (χ1n) is 4.90. The number of hydrogen-bond acceptors (Lipinski definition) is 2. The third-order valence-corrected chi connectivity index (χ3v) is 3.27. The molecule has 1 N–H and O–H groups in total. The van der Waals surface area contributed by atoms with E-state index >= 15 is 0 Å². The van der Waals surface area contributed by atoms with Gasteiger partial charge >= 0.3 is 0 Å². The molecule has 0 saturated heterocycles. The maximum absolute atomic E-state index is 9.27. The first-order chi connectivity index (χ1) is 7.01. The third kappa shape index (κ3) is 3.03. The van der Waals surface area contributed by atoms with Gasteiger partial charge < -0.3 is 9.84 Å². The Bertz CT molecular complexity index is 334. The molecule has 0 atom stereocenters. The summed E-state index contributed by atoms with van der Waals surface area (Å²) in [7, 11) is 1.68.